The number of fused-ring (bicyclic) bond motifs is 2. The first-order valence-corrected chi connectivity index (χ1v) is 12.2. The minimum Gasteiger partial charge on any atom is -0.376 e. The van der Waals surface area contributed by atoms with Crippen LogP contribution in [0.25, 0.3) is 22.3 Å². The van der Waals surface area contributed by atoms with Crippen LogP contribution >= 0.6 is 23.6 Å². The van der Waals surface area contributed by atoms with Gasteiger partial charge in [0.2, 0.25) is 0 Å². The number of hydrogen-bond acceptors (Lipinski definition) is 5. The van der Waals surface area contributed by atoms with E-state index in [4.69, 9.17) is 22.1 Å². The number of thiophene rings is 1. The average molecular weight is 452 g/mol. The molecule has 0 aliphatic carbocycles. The fourth-order valence-corrected chi connectivity index (χ4v) is 5.91. The monoisotopic (exact) mass is 451 g/mol. The van der Waals surface area contributed by atoms with Crippen LogP contribution in [0.2, 0.25) is 0 Å². The molecule has 1 atom stereocenters. The summed E-state index contributed by atoms with van der Waals surface area (Å²) < 4.78 is 10.9. The average Bonchev–Trinajstić information content (AvgIpc) is 3.58. The van der Waals surface area contributed by atoms with E-state index in [2.05, 4.69) is 56.4 Å². The van der Waals surface area contributed by atoms with Crippen LogP contribution in [0.1, 0.15) is 23.3 Å². The van der Waals surface area contributed by atoms with Crippen molar-refractivity contribution in [2.24, 2.45) is 0 Å². The predicted octanol–water partition coefficient (Wildman–Crippen LogP) is 4.82. The molecule has 1 N–H and O–H groups in total. The van der Waals surface area contributed by atoms with E-state index in [1.807, 2.05) is 16.0 Å². The molecule has 4 aromatic rings. The van der Waals surface area contributed by atoms with Crippen LogP contribution in [0.4, 0.5) is 0 Å². The van der Waals surface area contributed by atoms with Gasteiger partial charge in [-0.2, -0.15) is 5.10 Å². The maximum absolute atomic E-state index is 5.95. The van der Waals surface area contributed by atoms with Crippen molar-refractivity contribution in [2.75, 3.05) is 13.2 Å². The van der Waals surface area contributed by atoms with Crippen LogP contribution in [0, 0.1) is 4.77 Å². The lowest BCUT2D eigenvalue weighted by atomic mass is 10.1. The minimum absolute atomic E-state index is 0.205. The van der Waals surface area contributed by atoms with Crippen molar-refractivity contribution < 1.29 is 4.74 Å². The number of hydrogen-bond donors (Lipinski definition) is 1. The first-order valence-electron chi connectivity index (χ1n) is 10.9. The summed E-state index contributed by atoms with van der Waals surface area (Å²) in [5, 5.41) is 8.41. The van der Waals surface area contributed by atoms with Crippen LogP contribution in [0.5, 0.6) is 0 Å². The Bertz CT molecular complexity index is 1280. The normalized spacial score (nSPS) is 19.3. The van der Waals surface area contributed by atoms with Gasteiger partial charge in [-0.05, 0) is 54.6 Å². The molecule has 1 aromatic carbocycles. The van der Waals surface area contributed by atoms with Crippen molar-refractivity contribution in [1.82, 2.24) is 24.2 Å². The SMILES string of the molecule is S=c1n(CN2CCc3sccc3C2)nc(-c2c[nH]c3ccccc23)n1CC1CCCO1. The second kappa shape index (κ2) is 8.02. The molecular formula is C23H25N5OS2. The molecule has 5 heterocycles. The van der Waals surface area contributed by atoms with Gasteiger partial charge in [0.25, 0.3) is 0 Å². The third-order valence-electron chi connectivity index (χ3n) is 6.38. The number of benzene rings is 1. The Balaban J connectivity index is 1.38. The highest BCUT2D eigenvalue weighted by molar-refractivity contribution is 7.71. The van der Waals surface area contributed by atoms with E-state index in [-0.39, 0.29) is 6.10 Å². The molecule has 160 valence electrons. The summed E-state index contributed by atoms with van der Waals surface area (Å²) in [5.74, 6) is 0.922. The number of para-hydroxylation sites is 1. The molecule has 2 aliphatic rings. The number of aromatic nitrogens is 4. The highest BCUT2D eigenvalue weighted by Gasteiger charge is 2.24. The Hall–Kier alpha value is -2.26. The number of nitrogens with zero attached hydrogens (tertiary/aromatic N) is 4. The molecule has 0 spiro atoms. The van der Waals surface area contributed by atoms with Gasteiger partial charge in [-0.15, -0.1) is 11.3 Å². The molecule has 3 aromatic heterocycles. The van der Waals surface area contributed by atoms with Crippen LogP contribution in [-0.4, -0.2) is 43.5 Å². The summed E-state index contributed by atoms with van der Waals surface area (Å²) in [7, 11) is 0. The van der Waals surface area contributed by atoms with Gasteiger partial charge in [-0.25, -0.2) is 4.68 Å². The van der Waals surface area contributed by atoms with Crippen LogP contribution in [0.3, 0.4) is 0 Å². The van der Waals surface area contributed by atoms with Gasteiger partial charge in [0.1, 0.15) is 0 Å². The largest absolute Gasteiger partial charge is 0.376 e. The van der Waals surface area contributed by atoms with Gasteiger partial charge in [0, 0.05) is 47.2 Å². The summed E-state index contributed by atoms with van der Waals surface area (Å²) in [6.07, 6.45) is 5.55. The summed E-state index contributed by atoms with van der Waals surface area (Å²) in [6, 6.07) is 10.6. The van der Waals surface area contributed by atoms with Crippen molar-refractivity contribution in [1.29, 1.82) is 0 Å². The van der Waals surface area contributed by atoms with Crippen molar-refractivity contribution in [3.8, 4) is 11.4 Å². The lowest BCUT2D eigenvalue weighted by molar-refractivity contribution is 0.0966. The van der Waals surface area contributed by atoms with Crippen molar-refractivity contribution >= 4 is 34.5 Å². The van der Waals surface area contributed by atoms with E-state index in [9.17, 15) is 0 Å². The Morgan fingerprint density at radius 1 is 1.26 bits per heavy atom. The number of H-pyrrole nitrogens is 1. The fraction of sp³-hybridized carbons (Fsp3) is 0.391. The Kier molecular flexibility index (Phi) is 5.02. The molecule has 0 amide bonds. The molecule has 1 fully saturated rings. The molecule has 1 unspecified atom stereocenters. The van der Waals surface area contributed by atoms with E-state index in [0.29, 0.717) is 6.67 Å². The van der Waals surface area contributed by atoms with Crippen molar-refractivity contribution in [2.45, 2.75) is 45.1 Å². The van der Waals surface area contributed by atoms with Gasteiger partial charge in [-0.3, -0.25) is 9.47 Å². The zero-order valence-corrected chi connectivity index (χ0v) is 18.9. The van der Waals surface area contributed by atoms with Gasteiger partial charge in [-0.1, -0.05) is 18.2 Å². The molecule has 2 aliphatic heterocycles. The van der Waals surface area contributed by atoms with Gasteiger partial charge in [0.15, 0.2) is 10.6 Å². The first kappa shape index (κ1) is 19.4. The number of nitrogens with one attached hydrogen (secondary N) is 1. The lowest BCUT2D eigenvalue weighted by Gasteiger charge is -2.26. The van der Waals surface area contributed by atoms with Crippen molar-refractivity contribution in [3.63, 3.8) is 0 Å². The zero-order valence-electron chi connectivity index (χ0n) is 17.3. The third-order valence-corrected chi connectivity index (χ3v) is 7.84. The fourth-order valence-electron chi connectivity index (χ4n) is 4.76. The maximum atomic E-state index is 5.95. The van der Waals surface area contributed by atoms with Gasteiger partial charge < -0.3 is 9.72 Å². The quantitative estimate of drug-likeness (QED) is 0.442. The lowest BCUT2D eigenvalue weighted by Crippen LogP contribution is -2.32. The number of aromatic amines is 1. The second-order valence-electron chi connectivity index (χ2n) is 8.41. The number of rotatable bonds is 5. The smallest absolute Gasteiger partial charge is 0.199 e. The second-order valence-corrected chi connectivity index (χ2v) is 9.78. The predicted molar refractivity (Wildman–Crippen MR) is 126 cm³/mol. The third kappa shape index (κ3) is 3.57. The standard InChI is InChI=1S/C23H25N5OS2/c30-23-27(14-17-4-3-10-29-17)22(19-12-24-20-6-2-1-5-18(19)20)25-28(23)15-26-9-7-21-16(13-26)8-11-31-21/h1-2,5-6,8,11-12,17,24H,3-4,7,9-10,13-15H2. The minimum atomic E-state index is 0.205. The molecule has 8 heteroatoms. The van der Waals surface area contributed by atoms with E-state index >= 15 is 0 Å². The molecule has 6 rings (SSSR count). The maximum Gasteiger partial charge on any atom is 0.199 e. The summed E-state index contributed by atoms with van der Waals surface area (Å²) >= 11 is 7.82. The van der Waals surface area contributed by atoms with E-state index < -0.39 is 0 Å². The Morgan fingerprint density at radius 3 is 3.10 bits per heavy atom. The highest BCUT2D eigenvalue weighted by atomic mass is 32.1. The van der Waals surface area contributed by atoms with Gasteiger partial charge >= 0.3 is 0 Å². The summed E-state index contributed by atoms with van der Waals surface area (Å²) in [4.78, 5) is 7.34. The highest BCUT2D eigenvalue weighted by Crippen LogP contribution is 2.29. The summed E-state index contributed by atoms with van der Waals surface area (Å²) in [5.41, 5.74) is 3.65. The Labute approximate surface area is 190 Å². The molecule has 31 heavy (non-hydrogen) atoms. The van der Waals surface area contributed by atoms with E-state index in [1.54, 1.807) is 0 Å². The first-order chi connectivity index (χ1) is 15.3. The molecule has 0 radical (unpaired) electrons. The molecule has 1 saturated heterocycles. The number of ether oxygens (including phenoxy) is 1. The van der Waals surface area contributed by atoms with Crippen LogP contribution < -0.4 is 0 Å². The van der Waals surface area contributed by atoms with Crippen molar-refractivity contribution in [3.05, 3.63) is 57.1 Å². The van der Waals surface area contributed by atoms with E-state index in [1.165, 1.54) is 15.8 Å². The topological polar surface area (TPSA) is 51.0 Å². The van der Waals surface area contributed by atoms with Crippen LogP contribution in [0.15, 0.2) is 41.9 Å². The molecule has 6 nitrogen and oxygen atoms in total. The van der Waals surface area contributed by atoms with E-state index in [0.717, 1.165) is 67.2 Å². The van der Waals surface area contributed by atoms with Crippen LogP contribution in [-0.2, 0) is 30.9 Å². The van der Waals surface area contributed by atoms with Gasteiger partial charge in [0.05, 0.1) is 19.3 Å². The molecule has 0 saturated carbocycles. The molecule has 0 bridgehead atoms. The summed E-state index contributed by atoms with van der Waals surface area (Å²) in [6.45, 7) is 4.30. The Morgan fingerprint density at radius 2 is 2.19 bits per heavy atom. The zero-order chi connectivity index (χ0) is 20.8. The molecular weight excluding hydrogens is 426 g/mol.